The maximum atomic E-state index is 12.3. The van der Waals surface area contributed by atoms with E-state index in [4.69, 9.17) is 0 Å². The number of amides is 2. The topological polar surface area (TPSA) is 58.2 Å². The standard InChI is InChI=1S/C18H26N2O2/c1-13-8-10-16(11-9-13)20-18(22)12-17(19-14(2)21)15-6-4-3-5-7-15/h3-7,13,16-17H,8-12H2,1-2H3,(H,19,21)(H,20,22). The van der Waals surface area contributed by atoms with Crippen LogP contribution in [-0.2, 0) is 9.59 Å². The van der Waals surface area contributed by atoms with Crippen LogP contribution in [0.5, 0.6) is 0 Å². The highest BCUT2D eigenvalue weighted by Crippen LogP contribution is 2.24. The lowest BCUT2D eigenvalue weighted by molar-refractivity contribution is -0.123. The van der Waals surface area contributed by atoms with E-state index >= 15 is 0 Å². The molecule has 1 aliphatic carbocycles. The van der Waals surface area contributed by atoms with E-state index in [1.165, 1.54) is 19.8 Å². The van der Waals surface area contributed by atoms with Crippen LogP contribution in [0.2, 0.25) is 0 Å². The van der Waals surface area contributed by atoms with Crippen LogP contribution in [0.1, 0.15) is 57.6 Å². The van der Waals surface area contributed by atoms with Gasteiger partial charge in [0.05, 0.1) is 12.5 Å². The van der Waals surface area contributed by atoms with Crippen LogP contribution in [0.15, 0.2) is 30.3 Å². The largest absolute Gasteiger partial charge is 0.353 e. The molecule has 1 aliphatic rings. The number of hydrogen-bond donors (Lipinski definition) is 2. The van der Waals surface area contributed by atoms with Gasteiger partial charge in [-0.1, -0.05) is 37.3 Å². The minimum absolute atomic E-state index is 0.0159. The molecule has 0 bridgehead atoms. The van der Waals surface area contributed by atoms with Gasteiger partial charge in [0.25, 0.3) is 0 Å². The van der Waals surface area contributed by atoms with E-state index in [-0.39, 0.29) is 30.3 Å². The van der Waals surface area contributed by atoms with Gasteiger partial charge in [0.1, 0.15) is 0 Å². The molecule has 0 aromatic heterocycles. The Morgan fingerprint density at radius 1 is 1.14 bits per heavy atom. The highest BCUT2D eigenvalue weighted by Gasteiger charge is 2.22. The monoisotopic (exact) mass is 302 g/mol. The summed E-state index contributed by atoms with van der Waals surface area (Å²) in [6.07, 6.45) is 4.76. The highest BCUT2D eigenvalue weighted by molar-refractivity contribution is 5.79. The van der Waals surface area contributed by atoms with Crippen LogP contribution in [0.3, 0.4) is 0 Å². The summed E-state index contributed by atoms with van der Waals surface area (Å²) >= 11 is 0. The fourth-order valence-electron chi connectivity index (χ4n) is 3.06. The summed E-state index contributed by atoms with van der Waals surface area (Å²) < 4.78 is 0. The van der Waals surface area contributed by atoms with Gasteiger partial charge >= 0.3 is 0 Å². The zero-order valence-corrected chi connectivity index (χ0v) is 13.5. The van der Waals surface area contributed by atoms with Crippen molar-refractivity contribution >= 4 is 11.8 Å². The molecule has 1 aromatic carbocycles. The second-order valence-corrected chi connectivity index (χ2v) is 6.39. The first-order chi connectivity index (χ1) is 10.5. The van der Waals surface area contributed by atoms with Crippen molar-refractivity contribution in [2.75, 3.05) is 0 Å². The molecule has 1 aromatic rings. The van der Waals surface area contributed by atoms with Crippen molar-refractivity contribution in [3.05, 3.63) is 35.9 Å². The molecule has 1 unspecified atom stereocenters. The number of benzene rings is 1. The third-order valence-corrected chi connectivity index (χ3v) is 4.35. The van der Waals surface area contributed by atoms with Crippen molar-refractivity contribution in [3.8, 4) is 0 Å². The first-order valence-corrected chi connectivity index (χ1v) is 8.16. The third-order valence-electron chi connectivity index (χ3n) is 4.35. The molecule has 120 valence electrons. The number of hydrogen-bond acceptors (Lipinski definition) is 2. The molecule has 4 nitrogen and oxygen atoms in total. The van der Waals surface area contributed by atoms with Crippen molar-refractivity contribution in [2.24, 2.45) is 5.92 Å². The van der Waals surface area contributed by atoms with Gasteiger partial charge in [0.2, 0.25) is 11.8 Å². The van der Waals surface area contributed by atoms with Crippen LogP contribution >= 0.6 is 0 Å². The van der Waals surface area contributed by atoms with Crippen molar-refractivity contribution in [1.29, 1.82) is 0 Å². The zero-order chi connectivity index (χ0) is 15.9. The van der Waals surface area contributed by atoms with Gasteiger partial charge < -0.3 is 10.6 Å². The van der Waals surface area contributed by atoms with Crippen molar-refractivity contribution in [1.82, 2.24) is 10.6 Å². The van der Waals surface area contributed by atoms with Crippen LogP contribution < -0.4 is 10.6 Å². The molecular weight excluding hydrogens is 276 g/mol. The molecule has 0 spiro atoms. The smallest absolute Gasteiger partial charge is 0.222 e. The normalized spacial score (nSPS) is 22.6. The molecule has 2 rings (SSSR count). The van der Waals surface area contributed by atoms with Gasteiger partial charge in [-0.15, -0.1) is 0 Å². The van der Waals surface area contributed by atoms with E-state index in [9.17, 15) is 9.59 Å². The predicted octanol–water partition coefficient (Wildman–Crippen LogP) is 2.95. The third kappa shape index (κ3) is 5.17. The summed E-state index contributed by atoms with van der Waals surface area (Å²) in [6, 6.07) is 9.68. The summed E-state index contributed by atoms with van der Waals surface area (Å²) in [5.41, 5.74) is 0.963. The summed E-state index contributed by atoms with van der Waals surface area (Å²) in [6.45, 7) is 3.75. The van der Waals surface area contributed by atoms with Gasteiger partial charge in [-0.2, -0.15) is 0 Å². The van der Waals surface area contributed by atoms with Crippen LogP contribution in [0, 0.1) is 5.92 Å². The Bertz CT molecular complexity index is 493. The lowest BCUT2D eigenvalue weighted by atomic mass is 9.87. The van der Waals surface area contributed by atoms with Gasteiger partial charge in [-0.3, -0.25) is 9.59 Å². The van der Waals surface area contributed by atoms with Gasteiger partial charge in [0, 0.05) is 13.0 Å². The minimum Gasteiger partial charge on any atom is -0.353 e. The van der Waals surface area contributed by atoms with Crippen molar-refractivity contribution < 1.29 is 9.59 Å². The molecule has 2 N–H and O–H groups in total. The lowest BCUT2D eigenvalue weighted by Crippen LogP contribution is -2.39. The first-order valence-electron chi connectivity index (χ1n) is 8.16. The van der Waals surface area contributed by atoms with E-state index in [1.54, 1.807) is 0 Å². The maximum Gasteiger partial charge on any atom is 0.222 e. The average Bonchev–Trinajstić information content (AvgIpc) is 2.49. The second kappa shape index (κ2) is 7.97. The number of rotatable bonds is 5. The van der Waals surface area contributed by atoms with E-state index in [2.05, 4.69) is 17.6 Å². The molecule has 1 saturated carbocycles. The number of carbonyl (C=O) groups excluding carboxylic acids is 2. The van der Waals surface area contributed by atoms with Crippen molar-refractivity contribution in [2.45, 2.75) is 58.0 Å². The predicted molar refractivity (Wildman–Crippen MR) is 87.2 cm³/mol. The molecule has 2 amide bonds. The van der Waals surface area contributed by atoms with E-state index < -0.39 is 0 Å². The van der Waals surface area contributed by atoms with E-state index in [0.717, 1.165) is 24.3 Å². The Morgan fingerprint density at radius 3 is 2.36 bits per heavy atom. The molecule has 0 heterocycles. The Kier molecular flexibility index (Phi) is 5.99. The van der Waals surface area contributed by atoms with Crippen LogP contribution in [0.4, 0.5) is 0 Å². The Hall–Kier alpha value is -1.84. The number of nitrogens with one attached hydrogen (secondary N) is 2. The average molecular weight is 302 g/mol. The van der Waals surface area contributed by atoms with Gasteiger partial charge in [-0.25, -0.2) is 0 Å². The molecule has 4 heteroatoms. The Balaban J connectivity index is 1.92. The summed E-state index contributed by atoms with van der Waals surface area (Å²) in [4.78, 5) is 23.7. The molecular formula is C18H26N2O2. The molecule has 22 heavy (non-hydrogen) atoms. The maximum absolute atomic E-state index is 12.3. The minimum atomic E-state index is -0.263. The van der Waals surface area contributed by atoms with Crippen LogP contribution in [0.25, 0.3) is 0 Å². The molecule has 0 aliphatic heterocycles. The molecule has 0 saturated heterocycles. The molecule has 0 radical (unpaired) electrons. The summed E-state index contributed by atoms with van der Waals surface area (Å²) in [5, 5.41) is 5.99. The fourth-order valence-corrected chi connectivity index (χ4v) is 3.06. The summed E-state index contributed by atoms with van der Waals surface area (Å²) in [5.74, 6) is 0.667. The van der Waals surface area contributed by atoms with Crippen LogP contribution in [-0.4, -0.2) is 17.9 Å². The van der Waals surface area contributed by atoms with E-state index in [0.29, 0.717) is 0 Å². The van der Waals surface area contributed by atoms with Gasteiger partial charge in [0.15, 0.2) is 0 Å². The van der Waals surface area contributed by atoms with Crippen molar-refractivity contribution in [3.63, 3.8) is 0 Å². The fraction of sp³-hybridized carbons (Fsp3) is 0.556. The van der Waals surface area contributed by atoms with Gasteiger partial charge in [-0.05, 0) is 37.2 Å². The highest BCUT2D eigenvalue weighted by atomic mass is 16.2. The summed E-state index contributed by atoms with van der Waals surface area (Å²) in [7, 11) is 0. The molecule has 1 fully saturated rings. The SMILES string of the molecule is CC(=O)NC(CC(=O)NC1CCC(C)CC1)c1ccccc1. The van der Waals surface area contributed by atoms with E-state index in [1.807, 2.05) is 30.3 Å². The Morgan fingerprint density at radius 2 is 1.77 bits per heavy atom. The Labute approximate surface area is 132 Å². The zero-order valence-electron chi connectivity index (χ0n) is 13.5. The lowest BCUT2D eigenvalue weighted by Gasteiger charge is -2.27. The molecule has 1 atom stereocenters. The quantitative estimate of drug-likeness (QED) is 0.878. The first kappa shape index (κ1) is 16.5. The number of carbonyl (C=O) groups is 2. The second-order valence-electron chi connectivity index (χ2n) is 6.39.